The zero-order chi connectivity index (χ0) is 25.0. The SMILES string of the molecule is O=Nc1cc(-c2cc3nc(OCCN4CCOCC4)nc(N4CCNCC4)c3cn2)c2ccccc2c1. The van der Waals surface area contributed by atoms with E-state index in [1.54, 1.807) is 12.1 Å². The summed E-state index contributed by atoms with van der Waals surface area (Å²) in [6, 6.07) is 13.8. The molecule has 0 bridgehead atoms. The summed E-state index contributed by atoms with van der Waals surface area (Å²) in [4.78, 5) is 30.3. The van der Waals surface area contributed by atoms with Crippen molar-refractivity contribution in [3.05, 3.63) is 53.6 Å². The zero-order valence-corrected chi connectivity index (χ0v) is 20.6. The molecular weight excluding hydrogens is 470 g/mol. The summed E-state index contributed by atoms with van der Waals surface area (Å²) in [7, 11) is 0. The van der Waals surface area contributed by atoms with E-state index < -0.39 is 0 Å². The van der Waals surface area contributed by atoms with Crippen molar-refractivity contribution in [3.63, 3.8) is 0 Å². The van der Waals surface area contributed by atoms with Crippen molar-refractivity contribution in [2.24, 2.45) is 5.18 Å². The molecule has 4 aromatic rings. The molecule has 0 aliphatic carbocycles. The molecule has 2 aliphatic heterocycles. The molecule has 2 saturated heterocycles. The summed E-state index contributed by atoms with van der Waals surface area (Å²) in [5.41, 5.74) is 2.68. The Morgan fingerprint density at radius 3 is 2.68 bits per heavy atom. The van der Waals surface area contributed by atoms with E-state index in [0.717, 1.165) is 97.8 Å². The number of aromatic nitrogens is 3. The fourth-order valence-electron chi connectivity index (χ4n) is 4.97. The largest absolute Gasteiger partial charge is 0.462 e. The molecule has 2 fully saturated rings. The molecule has 2 aromatic heterocycles. The lowest BCUT2D eigenvalue weighted by molar-refractivity contribution is 0.0317. The lowest BCUT2D eigenvalue weighted by Gasteiger charge is -2.29. The Kier molecular flexibility index (Phi) is 6.85. The number of fused-ring (bicyclic) bond motifs is 2. The van der Waals surface area contributed by atoms with Crippen LogP contribution in [0.1, 0.15) is 0 Å². The Bertz CT molecular complexity index is 1420. The molecule has 0 amide bonds. The third-order valence-corrected chi connectivity index (χ3v) is 6.93. The summed E-state index contributed by atoms with van der Waals surface area (Å²) < 4.78 is 11.5. The zero-order valence-electron chi connectivity index (χ0n) is 20.6. The third kappa shape index (κ3) is 5.08. The fraction of sp³-hybridized carbons (Fsp3) is 0.370. The van der Waals surface area contributed by atoms with Crippen LogP contribution in [-0.4, -0.2) is 85.5 Å². The van der Waals surface area contributed by atoms with Gasteiger partial charge in [-0.15, -0.1) is 4.91 Å². The van der Waals surface area contributed by atoms with Gasteiger partial charge in [-0.2, -0.15) is 9.97 Å². The molecule has 0 radical (unpaired) electrons. The van der Waals surface area contributed by atoms with Crippen LogP contribution in [0.5, 0.6) is 6.01 Å². The number of benzene rings is 2. The molecule has 2 aliphatic rings. The summed E-state index contributed by atoms with van der Waals surface area (Å²) in [6.07, 6.45) is 1.83. The van der Waals surface area contributed by atoms with Crippen molar-refractivity contribution >= 4 is 33.2 Å². The Morgan fingerprint density at radius 2 is 1.84 bits per heavy atom. The topological polar surface area (TPSA) is 105 Å². The maximum atomic E-state index is 11.4. The normalized spacial score (nSPS) is 16.8. The smallest absolute Gasteiger partial charge is 0.318 e. The summed E-state index contributed by atoms with van der Waals surface area (Å²) in [5, 5.41) is 9.39. The molecule has 0 atom stereocenters. The van der Waals surface area contributed by atoms with Crippen LogP contribution < -0.4 is 15.0 Å². The summed E-state index contributed by atoms with van der Waals surface area (Å²) in [5.74, 6) is 0.833. The maximum absolute atomic E-state index is 11.4. The Morgan fingerprint density at radius 1 is 1.00 bits per heavy atom. The monoisotopic (exact) mass is 499 g/mol. The van der Waals surface area contributed by atoms with Gasteiger partial charge in [-0.05, 0) is 34.1 Å². The first-order chi connectivity index (χ1) is 18.3. The minimum atomic E-state index is 0.361. The van der Waals surface area contributed by atoms with Gasteiger partial charge in [-0.3, -0.25) is 9.88 Å². The van der Waals surface area contributed by atoms with Gasteiger partial charge in [-0.25, -0.2) is 0 Å². The van der Waals surface area contributed by atoms with Gasteiger partial charge >= 0.3 is 6.01 Å². The van der Waals surface area contributed by atoms with Crippen LogP contribution in [0, 0.1) is 4.91 Å². The molecule has 10 nitrogen and oxygen atoms in total. The number of hydrogen-bond donors (Lipinski definition) is 1. The van der Waals surface area contributed by atoms with Crippen LogP contribution in [0.25, 0.3) is 32.9 Å². The molecule has 10 heteroatoms. The van der Waals surface area contributed by atoms with E-state index >= 15 is 0 Å². The first-order valence-corrected chi connectivity index (χ1v) is 12.7. The number of morpholine rings is 1. The highest BCUT2D eigenvalue weighted by molar-refractivity contribution is 6.00. The molecule has 2 aromatic carbocycles. The van der Waals surface area contributed by atoms with Gasteiger partial charge in [0.25, 0.3) is 0 Å². The van der Waals surface area contributed by atoms with E-state index in [-0.39, 0.29) is 0 Å². The van der Waals surface area contributed by atoms with Crippen LogP contribution in [0.4, 0.5) is 11.5 Å². The predicted octanol–water partition coefficient (Wildman–Crippen LogP) is 3.36. The number of ether oxygens (including phenoxy) is 2. The van der Waals surface area contributed by atoms with E-state index in [9.17, 15) is 4.91 Å². The van der Waals surface area contributed by atoms with Crippen molar-refractivity contribution in [1.82, 2.24) is 25.2 Å². The molecule has 0 unspecified atom stereocenters. The quantitative estimate of drug-likeness (QED) is 0.383. The summed E-state index contributed by atoms with van der Waals surface area (Å²) in [6.45, 7) is 8.10. The number of rotatable bonds is 7. The van der Waals surface area contributed by atoms with E-state index in [1.165, 1.54) is 0 Å². The molecule has 1 N–H and O–H groups in total. The highest BCUT2D eigenvalue weighted by Crippen LogP contribution is 2.35. The van der Waals surface area contributed by atoms with Crippen molar-refractivity contribution in [2.75, 3.05) is 70.5 Å². The van der Waals surface area contributed by atoms with Gasteiger partial charge in [0, 0.05) is 57.6 Å². The Labute approximate surface area is 214 Å². The van der Waals surface area contributed by atoms with Crippen LogP contribution in [0.15, 0.2) is 53.8 Å². The second-order valence-corrected chi connectivity index (χ2v) is 9.26. The number of anilines is 1. The van der Waals surface area contributed by atoms with Gasteiger partial charge in [-0.1, -0.05) is 24.3 Å². The average molecular weight is 500 g/mol. The van der Waals surface area contributed by atoms with E-state index in [1.807, 2.05) is 36.5 Å². The van der Waals surface area contributed by atoms with E-state index in [0.29, 0.717) is 18.3 Å². The molecular formula is C27H29N7O3. The lowest BCUT2D eigenvalue weighted by atomic mass is 10.0. The minimum absolute atomic E-state index is 0.361. The van der Waals surface area contributed by atoms with Gasteiger partial charge in [0.15, 0.2) is 0 Å². The first kappa shape index (κ1) is 23.7. The molecule has 0 spiro atoms. The van der Waals surface area contributed by atoms with Crippen molar-refractivity contribution in [1.29, 1.82) is 0 Å². The second kappa shape index (κ2) is 10.7. The van der Waals surface area contributed by atoms with Crippen LogP contribution in [0.3, 0.4) is 0 Å². The highest BCUT2D eigenvalue weighted by Gasteiger charge is 2.19. The highest BCUT2D eigenvalue weighted by atomic mass is 16.5. The van der Waals surface area contributed by atoms with Crippen molar-refractivity contribution in [2.45, 2.75) is 0 Å². The predicted molar refractivity (Wildman–Crippen MR) is 144 cm³/mol. The number of nitrogens with one attached hydrogen (secondary N) is 1. The van der Waals surface area contributed by atoms with Gasteiger partial charge in [0.2, 0.25) is 0 Å². The minimum Gasteiger partial charge on any atom is -0.462 e. The number of nitrogens with zero attached hydrogens (tertiary/aromatic N) is 6. The molecule has 0 saturated carbocycles. The second-order valence-electron chi connectivity index (χ2n) is 9.26. The number of hydrogen-bond acceptors (Lipinski definition) is 10. The van der Waals surface area contributed by atoms with Crippen molar-refractivity contribution < 1.29 is 9.47 Å². The number of piperazine rings is 1. The molecule has 6 rings (SSSR count). The van der Waals surface area contributed by atoms with Gasteiger partial charge in [0.05, 0.1) is 29.8 Å². The Hall–Kier alpha value is -3.73. The van der Waals surface area contributed by atoms with Crippen LogP contribution in [0.2, 0.25) is 0 Å². The molecule has 190 valence electrons. The summed E-state index contributed by atoms with van der Waals surface area (Å²) >= 11 is 0. The van der Waals surface area contributed by atoms with Crippen molar-refractivity contribution in [3.8, 4) is 17.3 Å². The van der Waals surface area contributed by atoms with Crippen LogP contribution in [-0.2, 0) is 4.74 Å². The van der Waals surface area contributed by atoms with Gasteiger partial charge in [0.1, 0.15) is 18.1 Å². The molecule has 37 heavy (non-hydrogen) atoms. The number of nitroso groups, excluding NO2 is 1. The standard InChI is InChI=1S/C27H29N7O3/c35-32-20-15-19-3-1-2-4-21(19)22(16-20)24-17-25-23(18-29-24)26(34-7-5-28-6-8-34)31-27(30-25)37-14-11-33-9-12-36-13-10-33/h1-4,15-18,28H,5-14H2. The molecule has 4 heterocycles. The first-order valence-electron chi connectivity index (χ1n) is 12.7. The fourth-order valence-corrected chi connectivity index (χ4v) is 4.97. The van der Waals surface area contributed by atoms with E-state index in [2.05, 4.69) is 20.3 Å². The number of pyridine rings is 1. The average Bonchev–Trinajstić information content (AvgIpc) is 2.97. The third-order valence-electron chi connectivity index (χ3n) is 6.93. The van der Waals surface area contributed by atoms with E-state index in [4.69, 9.17) is 24.4 Å². The maximum Gasteiger partial charge on any atom is 0.318 e. The Balaban J connectivity index is 1.39. The van der Waals surface area contributed by atoms with Gasteiger partial charge < -0.3 is 19.7 Å². The lowest BCUT2D eigenvalue weighted by Crippen LogP contribution is -2.44. The van der Waals surface area contributed by atoms with Crippen LogP contribution >= 0.6 is 0 Å².